The van der Waals surface area contributed by atoms with Crippen LogP contribution in [0.1, 0.15) is 11.5 Å². The molecule has 6 nitrogen and oxygen atoms in total. The zero-order valence-corrected chi connectivity index (χ0v) is 10.6. The molecule has 0 spiro atoms. The molecule has 0 aliphatic carbocycles. The second-order valence-corrected chi connectivity index (χ2v) is 3.71. The number of aliphatic imine (C=N–C) groups is 1. The predicted molar refractivity (Wildman–Crippen MR) is 66.4 cm³/mol. The molecular formula is C11H20N4O2. The van der Waals surface area contributed by atoms with Gasteiger partial charge in [0.1, 0.15) is 11.5 Å². The second kappa shape index (κ2) is 6.93. The summed E-state index contributed by atoms with van der Waals surface area (Å²) in [6, 6.07) is 3.87. The maximum atomic E-state index is 5.48. The molecule has 0 fully saturated rings. The summed E-state index contributed by atoms with van der Waals surface area (Å²) in [5, 5.41) is 0. The largest absolute Gasteiger partial charge is 0.464 e. The molecule has 96 valence electrons. The van der Waals surface area contributed by atoms with E-state index in [1.807, 2.05) is 31.0 Å². The molecule has 0 aliphatic heterocycles. The summed E-state index contributed by atoms with van der Waals surface area (Å²) in [6.45, 7) is 3.67. The van der Waals surface area contributed by atoms with Gasteiger partial charge in [-0.25, -0.2) is 10.8 Å². The highest BCUT2D eigenvalue weighted by atomic mass is 16.5. The van der Waals surface area contributed by atoms with Gasteiger partial charge in [-0.2, -0.15) is 0 Å². The Kier molecular flexibility index (Phi) is 5.51. The topological polar surface area (TPSA) is 76.0 Å². The summed E-state index contributed by atoms with van der Waals surface area (Å²) in [4.78, 5) is 6.16. The third-order valence-electron chi connectivity index (χ3n) is 2.24. The summed E-state index contributed by atoms with van der Waals surface area (Å²) in [6.07, 6.45) is 0. The van der Waals surface area contributed by atoms with Crippen molar-refractivity contribution in [3.8, 4) is 0 Å². The lowest BCUT2D eigenvalue weighted by Gasteiger charge is -2.19. The van der Waals surface area contributed by atoms with Crippen LogP contribution in [0, 0.1) is 6.92 Å². The number of hydrazine groups is 1. The highest BCUT2D eigenvalue weighted by Gasteiger charge is 2.07. The lowest BCUT2D eigenvalue weighted by Crippen LogP contribution is -2.42. The van der Waals surface area contributed by atoms with Crippen molar-refractivity contribution in [3.63, 3.8) is 0 Å². The van der Waals surface area contributed by atoms with Crippen LogP contribution >= 0.6 is 0 Å². The van der Waals surface area contributed by atoms with Crippen molar-refractivity contribution in [3.05, 3.63) is 23.7 Å². The van der Waals surface area contributed by atoms with Crippen molar-refractivity contribution in [2.24, 2.45) is 10.8 Å². The van der Waals surface area contributed by atoms with Crippen molar-refractivity contribution in [1.29, 1.82) is 0 Å². The molecular weight excluding hydrogens is 220 g/mol. The number of rotatable bonds is 5. The lowest BCUT2D eigenvalue weighted by molar-refractivity contribution is 0.207. The molecule has 0 aromatic carbocycles. The number of nitrogens with two attached hydrogens (primary N) is 1. The molecule has 1 aromatic rings. The van der Waals surface area contributed by atoms with Crippen LogP contribution in [0.25, 0.3) is 0 Å². The number of ether oxygens (including phenoxy) is 1. The van der Waals surface area contributed by atoms with E-state index >= 15 is 0 Å². The van der Waals surface area contributed by atoms with E-state index in [4.69, 9.17) is 15.0 Å². The number of methoxy groups -OCH3 is 1. The number of nitrogens with one attached hydrogen (secondary N) is 1. The van der Waals surface area contributed by atoms with E-state index in [0.717, 1.165) is 11.5 Å². The molecule has 1 rings (SSSR count). The second-order valence-electron chi connectivity index (χ2n) is 3.71. The fourth-order valence-electron chi connectivity index (χ4n) is 1.40. The van der Waals surface area contributed by atoms with Gasteiger partial charge >= 0.3 is 0 Å². The van der Waals surface area contributed by atoms with Crippen molar-refractivity contribution in [1.82, 2.24) is 10.3 Å². The van der Waals surface area contributed by atoms with Gasteiger partial charge in [0, 0.05) is 14.2 Å². The molecule has 0 atom stereocenters. The highest BCUT2D eigenvalue weighted by Crippen LogP contribution is 2.08. The Morgan fingerprint density at radius 1 is 1.59 bits per heavy atom. The molecule has 1 aromatic heterocycles. The van der Waals surface area contributed by atoms with E-state index in [2.05, 4.69) is 10.4 Å². The minimum Gasteiger partial charge on any atom is -0.464 e. The Morgan fingerprint density at radius 3 is 2.88 bits per heavy atom. The van der Waals surface area contributed by atoms with Gasteiger partial charge in [-0.05, 0) is 19.1 Å². The molecule has 1 heterocycles. The Morgan fingerprint density at radius 2 is 2.35 bits per heavy atom. The minimum atomic E-state index is 0.567. The van der Waals surface area contributed by atoms with Crippen molar-refractivity contribution in [2.75, 3.05) is 27.3 Å². The van der Waals surface area contributed by atoms with E-state index in [9.17, 15) is 0 Å². The molecule has 0 saturated carbocycles. The van der Waals surface area contributed by atoms with Gasteiger partial charge in [0.25, 0.3) is 0 Å². The monoisotopic (exact) mass is 240 g/mol. The first-order valence-electron chi connectivity index (χ1n) is 5.43. The Bertz CT molecular complexity index is 362. The molecule has 0 unspecified atom stereocenters. The third kappa shape index (κ3) is 4.46. The van der Waals surface area contributed by atoms with Crippen LogP contribution in [-0.2, 0) is 11.3 Å². The zero-order valence-electron chi connectivity index (χ0n) is 10.6. The highest BCUT2D eigenvalue weighted by molar-refractivity contribution is 5.79. The van der Waals surface area contributed by atoms with E-state index in [0.29, 0.717) is 25.7 Å². The average Bonchev–Trinajstić information content (AvgIpc) is 2.70. The van der Waals surface area contributed by atoms with Crippen molar-refractivity contribution in [2.45, 2.75) is 13.5 Å². The normalized spacial score (nSPS) is 11.6. The van der Waals surface area contributed by atoms with Crippen LogP contribution in [0.4, 0.5) is 0 Å². The smallest absolute Gasteiger partial charge is 0.208 e. The fourth-order valence-corrected chi connectivity index (χ4v) is 1.40. The van der Waals surface area contributed by atoms with Crippen LogP contribution in [0.3, 0.4) is 0 Å². The Hall–Kier alpha value is -1.53. The average molecular weight is 240 g/mol. The van der Waals surface area contributed by atoms with Crippen molar-refractivity contribution < 1.29 is 9.15 Å². The van der Waals surface area contributed by atoms with Gasteiger partial charge in [-0.15, -0.1) is 0 Å². The minimum absolute atomic E-state index is 0.567. The van der Waals surface area contributed by atoms with Crippen molar-refractivity contribution >= 4 is 5.96 Å². The van der Waals surface area contributed by atoms with Gasteiger partial charge in [0.2, 0.25) is 5.96 Å². The fraction of sp³-hybridized carbons (Fsp3) is 0.545. The predicted octanol–water partition coefficient (Wildman–Crippen LogP) is 0.486. The van der Waals surface area contributed by atoms with Crippen LogP contribution < -0.4 is 11.3 Å². The quantitative estimate of drug-likeness (QED) is 0.257. The number of hydrogen-bond donors (Lipinski definition) is 2. The number of guanidine groups is 1. The van der Waals surface area contributed by atoms with E-state index in [1.165, 1.54) is 0 Å². The summed E-state index contributed by atoms with van der Waals surface area (Å²) in [5.41, 5.74) is 2.57. The molecule has 0 bridgehead atoms. The van der Waals surface area contributed by atoms with Gasteiger partial charge in [0.05, 0.1) is 19.7 Å². The molecule has 17 heavy (non-hydrogen) atoms. The number of aryl methyl sites for hydroxylation is 1. The third-order valence-corrected chi connectivity index (χ3v) is 2.24. The molecule has 0 amide bonds. The van der Waals surface area contributed by atoms with Crippen LogP contribution in [-0.4, -0.2) is 38.2 Å². The van der Waals surface area contributed by atoms with E-state index in [1.54, 1.807) is 7.11 Å². The van der Waals surface area contributed by atoms with Crippen LogP contribution in [0.5, 0.6) is 0 Å². The SMILES string of the molecule is COCCN=C(NN)N(C)Cc1ccc(C)o1. The zero-order chi connectivity index (χ0) is 12.7. The summed E-state index contributed by atoms with van der Waals surface area (Å²) in [7, 11) is 3.53. The van der Waals surface area contributed by atoms with Gasteiger partial charge in [0.15, 0.2) is 0 Å². The summed E-state index contributed by atoms with van der Waals surface area (Å²) < 4.78 is 10.4. The molecule has 0 saturated heterocycles. The van der Waals surface area contributed by atoms with Gasteiger partial charge < -0.3 is 14.1 Å². The number of nitrogens with zero attached hydrogens (tertiary/aromatic N) is 2. The van der Waals surface area contributed by atoms with Crippen LogP contribution in [0.15, 0.2) is 21.5 Å². The van der Waals surface area contributed by atoms with Crippen LogP contribution in [0.2, 0.25) is 0 Å². The molecule has 0 aliphatic rings. The van der Waals surface area contributed by atoms with Gasteiger partial charge in [-0.3, -0.25) is 5.43 Å². The molecule has 3 N–H and O–H groups in total. The van der Waals surface area contributed by atoms with E-state index in [-0.39, 0.29) is 0 Å². The molecule has 6 heteroatoms. The number of hydrogen-bond acceptors (Lipinski definition) is 4. The maximum absolute atomic E-state index is 5.48. The number of furan rings is 1. The first-order chi connectivity index (χ1) is 8.17. The Balaban J connectivity index is 2.54. The molecule has 0 radical (unpaired) electrons. The Labute approximate surface area is 101 Å². The van der Waals surface area contributed by atoms with E-state index < -0.39 is 0 Å². The first kappa shape index (κ1) is 13.5. The summed E-state index contributed by atoms with van der Waals surface area (Å²) in [5.74, 6) is 7.80. The van der Waals surface area contributed by atoms with Gasteiger partial charge in [-0.1, -0.05) is 0 Å². The lowest BCUT2D eigenvalue weighted by atomic mass is 10.4. The summed E-state index contributed by atoms with van der Waals surface area (Å²) >= 11 is 0. The maximum Gasteiger partial charge on any atom is 0.208 e. The standard InChI is InChI=1S/C11H20N4O2/c1-9-4-5-10(17-9)8-15(2)11(14-12)13-6-7-16-3/h4-5H,6-8,12H2,1-3H3,(H,13,14). The first-order valence-corrected chi connectivity index (χ1v) is 5.43.